The summed E-state index contributed by atoms with van der Waals surface area (Å²) < 4.78 is 1.87. The minimum absolute atomic E-state index is 0.199. The first-order valence-electron chi connectivity index (χ1n) is 7.55. The molecule has 0 spiro atoms. The molecule has 4 aromatic rings. The van der Waals surface area contributed by atoms with E-state index in [0.717, 1.165) is 29.0 Å². The Bertz CT molecular complexity index is 891. The molecule has 6 nitrogen and oxygen atoms in total. The number of nitrogens with zero attached hydrogens (tertiary/aromatic N) is 5. The minimum Gasteiger partial charge on any atom is -0.337 e. The number of fused-ring (bicyclic) bond motifs is 1. The van der Waals surface area contributed by atoms with E-state index in [1.54, 1.807) is 6.20 Å². The highest BCUT2D eigenvalue weighted by Gasteiger charge is 2.13. The molecule has 3 heterocycles. The third kappa shape index (κ3) is 2.70. The van der Waals surface area contributed by atoms with Gasteiger partial charge in [0.15, 0.2) is 5.82 Å². The molecule has 6 heteroatoms. The van der Waals surface area contributed by atoms with E-state index < -0.39 is 0 Å². The third-order valence-electron chi connectivity index (χ3n) is 3.85. The molecule has 4 rings (SSSR count). The van der Waals surface area contributed by atoms with E-state index in [-0.39, 0.29) is 6.04 Å². The van der Waals surface area contributed by atoms with Gasteiger partial charge in [-0.3, -0.25) is 4.98 Å². The van der Waals surface area contributed by atoms with Crippen molar-refractivity contribution < 1.29 is 0 Å². The summed E-state index contributed by atoms with van der Waals surface area (Å²) in [6.45, 7) is 2.12. The Labute approximate surface area is 133 Å². The lowest BCUT2D eigenvalue weighted by atomic mass is 10.1. The second-order valence-corrected chi connectivity index (χ2v) is 5.60. The molecular weight excluding hydrogens is 288 g/mol. The molecule has 0 unspecified atom stereocenters. The molecule has 0 aliphatic rings. The maximum absolute atomic E-state index is 4.56. The summed E-state index contributed by atoms with van der Waals surface area (Å²) in [5, 5.41) is 8.49. The molecule has 1 atom stereocenters. The minimum atomic E-state index is 0.199. The molecule has 0 aliphatic heterocycles. The van der Waals surface area contributed by atoms with Crippen LogP contribution in [0.3, 0.4) is 0 Å². The quantitative estimate of drug-likeness (QED) is 0.629. The van der Waals surface area contributed by atoms with Crippen LogP contribution in [0.2, 0.25) is 0 Å². The maximum atomic E-state index is 4.56. The van der Waals surface area contributed by atoms with Gasteiger partial charge in [-0.25, -0.2) is 9.67 Å². The van der Waals surface area contributed by atoms with Crippen LogP contribution in [0.25, 0.3) is 22.6 Å². The summed E-state index contributed by atoms with van der Waals surface area (Å²) in [7, 11) is 0. The fourth-order valence-corrected chi connectivity index (χ4v) is 2.63. The van der Waals surface area contributed by atoms with E-state index in [1.807, 2.05) is 47.4 Å². The first-order chi connectivity index (χ1) is 11.3. The maximum Gasteiger partial charge on any atom is 0.160 e. The van der Waals surface area contributed by atoms with Crippen LogP contribution in [-0.4, -0.2) is 29.9 Å². The molecule has 0 saturated heterocycles. The lowest BCUT2D eigenvalue weighted by Gasteiger charge is -2.10. The largest absolute Gasteiger partial charge is 0.337 e. The number of rotatable bonds is 4. The summed E-state index contributed by atoms with van der Waals surface area (Å²) >= 11 is 0. The highest BCUT2D eigenvalue weighted by atomic mass is 15.4. The zero-order valence-corrected chi connectivity index (χ0v) is 12.7. The lowest BCUT2D eigenvalue weighted by Crippen LogP contribution is -2.09. The highest BCUT2D eigenvalue weighted by molar-refractivity contribution is 5.78. The average Bonchev–Trinajstić information content (AvgIpc) is 3.22. The molecular formula is C17H16N6. The molecule has 0 radical (unpaired) electrons. The van der Waals surface area contributed by atoms with E-state index in [0.29, 0.717) is 0 Å². The summed E-state index contributed by atoms with van der Waals surface area (Å²) in [4.78, 5) is 12.0. The smallest absolute Gasteiger partial charge is 0.160 e. The number of pyridine rings is 1. The van der Waals surface area contributed by atoms with Gasteiger partial charge in [-0.1, -0.05) is 23.4 Å². The molecule has 0 fully saturated rings. The van der Waals surface area contributed by atoms with Crippen molar-refractivity contribution in [2.45, 2.75) is 19.4 Å². The van der Waals surface area contributed by atoms with Crippen molar-refractivity contribution in [1.82, 2.24) is 29.9 Å². The van der Waals surface area contributed by atoms with Crippen molar-refractivity contribution >= 4 is 11.0 Å². The van der Waals surface area contributed by atoms with Gasteiger partial charge in [0.25, 0.3) is 0 Å². The predicted octanol–water partition coefficient (Wildman–Crippen LogP) is 3.02. The zero-order valence-electron chi connectivity index (χ0n) is 12.7. The number of aromatic nitrogens is 6. The van der Waals surface area contributed by atoms with Gasteiger partial charge in [0.2, 0.25) is 0 Å². The van der Waals surface area contributed by atoms with Crippen LogP contribution in [0.4, 0.5) is 0 Å². The van der Waals surface area contributed by atoms with Crippen molar-refractivity contribution in [3.8, 4) is 11.5 Å². The molecule has 3 aromatic heterocycles. The fourth-order valence-electron chi connectivity index (χ4n) is 2.63. The van der Waals surface area contributed by atoms with Gasteiger partial charge in [0.05, 0.1) is 23.3 Å². The topological polar surface area (TPSA) is 72.3 Å². The van der Waals surface area contributed by atoms with E-state index in [4.69, 9.17) is 0 Å². The summed E-state index contributed by atoms with van der Waals surface area (Å²) in [6, 6.07) is 12.2. The van der Waals surface area contributed by atoms with Crippen LogP contribution in [0, 0.1) is 0 Å². The number of nitrogens with one attached hydrogen (secondary N) is 1. The Hall–Kier alpha value is -3.02. The van der Waals surface area contributed by atoms with Crippen LogP contribution in [0.1, 0.15) is 18.5 Å². The summed E-state index contributed by atoms with van der Waals surface area (Å²) in [5.74, 6) is 0.742. The van der Waals surface area contributed by atoms with Crippen molar-refractivity contribution in [3.63, 3.8) is 0 Å². The normalized spacial score (nSPS) is 12.6. The van der Waals surface area contributed by atoms with E-state index >= 15 is 0 Å². The van der Waals surface area contributed by atoms with Crippen LogP contribution in [0.15, 0.2) is 55.0 Å². The van der Waals surface area contributed by atoms with Crippen LogP contribution in [0.5, 0.6) is 0 Å². The van der Waals surface area contributed by atoms with E-state index in [1.165, 1.54) is 5.56 Å². The molecule has 0 aliphatic carbocycles. The number of aromatic amines is 1. The molecule has 1 N–H and O–H groups in total. The Morgan fingerprint density at radius 1 is 1.17 bits per heavy atom. The van der Waals surface area contributed by atoms with Gasteiger partial charge in [0, 0.05) is 12.4 Å². The molecule has 0 amide bonds. The molecule has 0 saturated carbocycles. The number of hydrogen-bond donors (Lipinski definition) is 1. The number of benzene rings is 1. The van der Waals surface area contributed by atoms with Gasteiger partial charge < -0.3 is 4.98 Å². The van der Waals surface area contributed by atoms with Crippen molar-refractivity contribution in [3.05, 3.63) is 60.6 Å². The Morgan fingerprint density at radius 2 is 2.09 bits per heavy atom. The van der Waals surface area contributed by atoms with Gasteiger partial charge in [-0.2, -0.15) is 0 Å². The first-order valence-corrected chi connectivity index (χ1v) is 7.55. The molecule has 1 aromatic carbocycles. The molecule has 23 heavy (non-hydrogen) atoms. The molecule has 0 bridgehead atoms. The molecule has 114 valence electrons. The first kappa shape index (κ1) is 13.6. The zero-order chi connectivity index (χ0) is 15.6. The Balaban J connectivity index is 1.58. The highest BCUT2D eigenvalue weighted by Crippen LogP contribution is 2.20. The standard InChI is InChI=1S/C17H16N6/c1-12(9-13-5-4-8-18-10-13)23-11-16(21-22-23)17-19-14-6-2-3-7-15(14)20-17/h2-8,10-12H,9H2,1H3,(H,19,20)/t12-/m1/s1. The Kier molecular flexibility index (Phi) is 3.34. The summed E-state index contributed by atoms with van der Waals surface area (Å²) in [6.07, 6.45) is 6.45. The van der Waals surface area contributed by atoms with E-state index in [2.05, 4.69) is 38.3 Å². The SMILES string of the molecule is C[C@H](Cc1cccnc1)n1cc(-c2nc3ccccc3[nH]2)nn1. The second kappa shape index (κ2) is 5.64. The van der Waals surface area contributed by atoms with Gasteiger partial charge in [0.1, 0.15) is 5.69 Å². The monoisotopic (exact) mass is 304 g/mol. The summed E-state index contributed by atoms with van der Waals surface area (Å²) in [5.41, 5.74) is 3.86. The van der Waals surface area contributed by atoms with Crippen molar-refractivity contribution in [2.24, 2.45) is 0 Å². The second-order valence-electron chi connectivity index (χ2n) is 5.60. The van der Waals surface area contributed by atoms with Crippen LogP contribution >= 0.6 is 0 Å². The number of hydrogen-bond acceptors (Lipinski definition) is 4. The number of para-hydroxylation sites is 2. The predicted molar refractivity (Wildman–Crippen MR) is 87.8 cm³/mol. The number of H-pyrrole nitrogens is 1. The third-order valence-corrected chi connectivity index (χ3v) is 3.85. The van der Waals surface area contributed by atoms with Gasteiger partial charge in [-0.15, -0.1) is 5.10 Å². The van der Waals surface area contributed by atoms with Gasteiger partial charge >= 0.3 is 0 Å². The lowest BCUT2D eigenvalue weighted by molar-refractivity contribution is 0.474. The average molecular weight is 304 g/mol. The number of imidazole rings is 1. The van der Waals surface area contributed by atoms with Crippen molar-refractivity contribution in [2.75, 3.05) is 0 Å². The van der Waals surface area contributed by atoms with Gasteiger partial charge in [-0.05, 0) is 37.1 Å². The fraction of sp³-hybridized carbons (Fsp3) is 0.176. The van der Waals surface area contributed by atoms with Crippen LogP contribution < -0.4 is 0 Å². The van der Waals surface area contributed by atoms with Crippen molar-refractivity contribution in [1.29, 1.82) is 0 Å². The Morgan fingerprint density at radius 3 is 2.91 bits per heavy atom. The van der Waals surface area contributed by atoms with E-state index in [9.17, 15) is 0 Å². The van der Waals surface area contributed by atoms with Crippen LogP contribution in [-0.2, 0) is 6.42 Å².